The van der Waals surface area contributed by atoms with Crippen LogP contribution < -0.4 is 15.0 Å². The first kappa shape index (κ1) is 21.6. The van der Waals surface area contributed by atoms with E-state index in [1.165, 1.54) is 0 Å². The second kappa shape index (κ2) is 9.70. The zero-order chi connectivity index (χ0) is 21.8. The molecule has 0 unspecified atom stereocenters. The second-order valence-corrected chi connectivity index (χ2v) is 8.65. The van der Waals surface area contributed by atoms with Crippen molar-refractivity contribution in [2.24, 2.45) is 0 Å². The van der Waals surface area contributed by atoms with Gasteiger partial charge in [-0.3, -0.25) is 9.59 Å². The smallest absolute Gasteiger partial charge is 0.265 e. The fraction of sp³-hybridized carbons (Fsp3) is 0.391. The van der Waals surface area contributed by atoms with E-state index in [9.17, 15) is 9.59 Å². The first-order valence-electron chi connectivity index (χ1n) is 10.4. The van der Waals surface area contributed by atoms with Crippen molar-refractivity contribution in [1.82, 2.24) is 10.2 Å². The van der Waals surface area contributed by atoms with Crippen molar-refractivity contribution in [2.45, 2.75) is 19.1 Å². The molecule has 1 saturated heterocycles. The van der Waals surface area contributed by atoms with Crippen LogP contribution in [0.1, 0.15) is 18.5 Å². The molecule has 2 aliphatic heterocycles. The fourth-order valence-corrected chi connectivity index (χ4v) is 4.13. The number of anilines is 1. The van der Waals surface area contributed by atoms with E-state index in [1.807, 2.05) is 60.4 Å². The van der Waals surface area contributed by atoms with Crippen molar-refractivity contribution < 1.29 is 19.1 Å². The molecule has 1 N–H and O–H groups in total. The van der Waals surface area contributed by atoms with Crippen molar-refractivity contribution in [2.75, 3.05) is 44.3 Å². The third-order valence-corrected chi connectivity index (χ3v) is 6.07. The molecule has 0 aromatic heterocycles. The van der Waals surface area contributed by atoms with Crippen LogP contribution in [0.15, 0.2) is 53.0 Å². The van der Waals surface area contributed by atoms with Gasteiger partial charge in [-0.2, -0.15) is 0 Å². The third kappa shape index (κ3) is 5.19. The molecule has 0 saturated carbocycles. The van der Waals surface area contributed by atoms with Crippen molar-refractivity contribution in [3.8, 4) is 5.75 Å². The molecule has 0 radical (unpaired) electrons. The number of ether oxygens (including phenoxy) is 2. The van der Waals surface area contributed by atoms with Crippen molar-refractivity contribution >= 4 is 33.4 Å². The quantitative estimate of drug-likeness (QED) is 0.701. The van der Waals surface area contributed by atoms with Crippen LogP contribution in [0.5, 0.6) is 5.75 Å². The van der Waals surface area contributed by atoms with E-state index in [4.69, 9.17) is 9.47 Å². The van der Waals surface area contributed by atoms with E-state index in [1.54, 1.807) is 4.90 Å². The predicted molar refractivity (Wildman–Crippen MR) is 121 cm³/mol. The van der Waals surface area contributed by atoms with Gasteiger partial charge in [-0.05, 0) is 36.8 Å². The van der Waals surface area contributed by atoms with Crippen LogP contribution in [0, 0.1) is 0 Å². The highest BCUT2D eigenvalue weighted by atomic mass is 79.9. The largest absolute Gasteiger partial charge is 0.477 e. The van der Waals surface area contributed by atoms with E-state index in [0.717, 1.165) is 15.7 Å². The summed E-state index contributed by atoms with van der Waals surface area (Å²) in [4.78, 5) is 29.5. The molecule has 4 rings (SSSR count). The highest BCUT2D eigenvalue weighted by Crippen LogP contribution is 2.33. The van der Waals surface area contributed by atoms with E-state index in [-0.39, 0.29) is 24.4 Å². The summed E-state index contributed by atoms with van der Waals surface area (Å²) in [6, 6.07) is 15.3. The topological polar surface area (TPSA) is 71.1 Å². The Labute approximate surface area is 190 Å². The Hall–Kier alpha value is -2.58. The number of hydrogen-bond donors (Lipinski definition) is 1. The number of carbonyl (C=O) groups is 2. The van der Waals surface area contributed by atoms with Crippen molar-refractivity contribution in [3.05, 3.63) is 58.6 Å². The van der Waals surface area contributed by atoms with Gasteiger partial charge in [0, 0.05) is 17.6 Å². The number of nitrogens with one attached hydrogen (secondary N) is 1. The highest BCUT2D eigenvalue weighted by molar-refractivity contribution is 9.10. The van der Waals surface area contributed by atoms with Crippen LogP contribution in [0.3, 0.4) is 0 Å². The van der Waals surface area contributed by atoms with Crippen LogP contribution in [-0.4, -0.2) is 62.2 Å². The van der Waals surface area contributed by atoms with Crippen LogP contribution in [0.4, 0.5) is 5.69 Å². The summed E-state index contributed by atoms with van der Waals surface area (Å²) in [6.07, 6.45) is -0.648. The number of morpholine rings is 1. The molecule has 2 aromatic carbocycles. The zero-order valence-corrected chi connectivity index (χ0v) is 19.0. The van der Waals surface area contributed by atoms with Crippen molar-refractivity contribution in [1.29, 1.82) is 0 Å². The Morgan fingerprint density at radius 1 is 1.13 bits per heavy atom. The van der Waals surface area contributed by atoms with Gasteiger partial charge in [-0.25, -0.2) is 0 Å². The molecule has 2 aromatic rings. The summed E-state index contributed by atoms with van der Waals surface area (Å²) in [7, 11) is 0. The molecule has 2 heterocycles. The average molecular weight is 488 g/mol. The maximum atomic E-state index is 13.0. The number of benzene rings is 2. The monoisotopic (exact) mass is 487 g/mol. The number of rotatable bonds is 5. The van der Waals surface area contributed by atoms with Gasteiger partial charge in [0.25, 0.3) is 5.91 Å². The van der Waals surface area contributed by atoms with Crippen LogP contribution in [0.25, 0.3) is 0 Å². The molecule has 2 atom stereocenters. The average Bonchev–Trinajstić information content (AvgIpc) is 2.79. The van der Waals surface area contributed by atoms with Crippen LogP contribution in [-0.2, 0) is 14.3 Å². The van der Waals surface area contributed by atoms with Gasteiger partial charge in [0.1, 0.15) is 5.75 Å². The third-order valence-electron chi connectivity index (χ3n) is 5.54. The minimum atomic E-state index is -0.648. The summed E-state index contributed by atoms with van der Waals surface area (Å²) >= 11 is 3.43. The van der Waals surface area contributed by atoms with E-state index < -0.39 is 6.10 Å². The summed E-state index contributed by atoms with van der Waals surface area (Å²) in [5.41, 5.74) is 1.85. The Balaban J connectivity index is 1.45. The molecular weight excluding hydrogens is 462 g/mol. The van der Waals surface area contributed by atoms with Crippen LogP contribution in [0.2, 0.25) is 0 Å². The standard InChI is InChI=1S/C23H26BrN3O4/c1-16(17-6-8-18(24)9-7-17)25-22(28)15-27-14-21(23(29)26-10-12-30-13-11-26)31-20-5-3-2-4-19(20)27/h2-9,16,21H,10-15H2,1H3,(H,25,28)/t16-,21+/m1/s1. The lowest BCUT2D eigenvalue weighted by Gasteiger charge is -2.38. The maximum absolute atomic E-state index is 13.0. The summed E-state index contributed by atoms with van der Waals surface area (Å²) in [5, 5.41) is 3.05. The van der Waals surface area contributed by atoms with Gasteiger partial charge in [0.15, 0.2) is 6.10 Å². The first-order valence-corrected chi connectivity index (χ1v) is 11.2. The molecule has 2 amide bonds. The molecule has 7 nitrogen and oxygen atoms in total. The van der Waals surface area contributed by atoms with Gasteiger partial charge in [-0.15, -0.1) is 0 Å². The predicted octanol–water partition coefficient (Wildman–Crippen LogP) is 2.75. The Bertz CT molecular complexity index is 931. The second-order valence-electron chi connectivity index (χ2n) is 7.73. The maximum Gasteiger partial charge on any atom is 0.265 e. The Kier molecular flexibility index (Phi) is 6.77. The SMILES string of the molecule is C[C@@H](NC(=O)CN1C[C@@H](C(=O)N2CCOCC2)Oc2ccccc21)c1ccc(Br)cc1. The molecule has 8 heteroatoms. The molecule has 2 aliphatic rings. The van der Waals surface area contributed by atoms with Gasteiger partial charge >= 0.3 is 0 Å². The number of amides is 2. The lowest BCUT2D eigenvalue weighted by Crippen LogP contribution is -2.54. The van der Waals surface area contributed by atoms with E-state index >= 15 is 0 Å². The molecule has 0 bridgehead atoms. The Morgan fingerprint density at radius 2 is 1.84 bits per heavy atom. The fourth-order valence-electron chi connectivity index (χ4n) is 3.87. The normalized spacial score (nSPS) is 19.2. The number of para-hydroxylation sites is 2. The lowest BCUT2D eigenvalue weighted by molar-refractivity contribution is -0.142. The molecule has 1 fully saturated rings. The first-order chi connectivity index (χ1) is 15.0. The minimum Gasteiger partial charge on any atom is -0.477 e. The summed E-state index contributed by atoms with van der Waals surface area (Å²) in [5.74, 6) is 0.449. The van der Waals surface area contributed by atoms with Crippen LogP contribution >= 0.6 is 15.9 Å². The molecule has 31 heavy (non-hydrogen) atoms. The van der Waals surface area contributed by atoms with E-state index in [2.05, 4.69) is 21.2 Å². The minimum absolute atomic E-state index is 0.0635. The number of hydrogen-bond acceptors (Lipinski definition) is 5. The number of halogens is 1. The molecule has 0 aliphatic carbocycles. The molecule has 0 spiro atoms. The Morgan fingerprint density at radius 3 is 2.58 bits per heavy atom. The van der Waals surface area contributed by atoms with Gasteiger partial charge in [0.2, 0.25) is 5.91 Å². The van der Waals surface area contributed by atoms with Gasteiger partial charge < -0.3 is 24.6 Å². The lowest BCUT2D eigenvalue weighted by atomic mass is 10.1. The summed E-state index contributed by atoms with van der Waals surface area (Å²) in [6.45, 7) is 4.63. The van der Waals surface area contributed by atoms with Gasteiger partial charge in [0.05, 0.1) is 38.0 Å². The molecule has 164 valence electrons. The number of fused-ring (bicyclic) bond motifs is 1. The number of carbonyl (C=O) groups excluding carboxylic acids is 2. The molecular formula is C23H26BrN3O4. The van der Waals surface area contributed by atoms with E-state index in [0.29, 0.717) is 38.6 Å². The summed E-state index contributed by atoms with van der Waals surface area (Å²) < 4.78 is 12.4. The van der Waals surface area contributed by atoms with Crippen molar-refractivity contribution in [3.63, 3.8) is 0 Å². The number of nitrogens with zero attached hydrogens (tertiary/aromatic N) is 2. The zero-order valence-electron chi connectivity index (χ0n) is 17.4. The highest BCUT2D eigenvalue weighted by Gasteiger charge is 2.34. The van der Waals surface area contributed by atoms with Gasteiger partial charge in [-0.1, -0.05) is 40.2 Å².